The van der Waals surface area contributed by atoms with E-state index in [1.54, 1.807) is 52.0 Å². The normalized spacial score (nSPS) is 12.3. The van der Waals surface area contributed by atoms with Crippen molar-refractivity contribution in [3.05, 3.63) is 29.8 Å². The number of carbonyl (C=O) groups excluding carboxylic acids is 2. The Bertz CT molecular complexity index is 701. The molecular weight excluding hydrogens is 361 g/mol. The third kappa shape index (κ3) is 6.95. The van der Waals surface area contributed by atoms with Crippen molar-refractivity contribution in [1.82, 2.24) is 0 Å². The molecule has 0 aliphatic rings. The summed E-state index contributed by atoms with van der Waals surface area (Å²) < 4.78 is 23.3. The van der Waals surface area contributed by atoms with Gasteiger partial charge in [-0.1, -0.05) is 22.9 Å². The molecule has 0 atom stereocenters. The molecule has 1 aromatic rings. The van der Waals surface area contributed by atoms with Crippen LogP contribution in [-0.2, 0) is 23.2 Å². The SMILES string of the molecule is Cc1ccc(NC(=O)O/N=C(\C(N)=O)P(=O)(OC(C)C)OC(C)C)cc1. The average Bonchev–Trinajstić information content (AvgIpc) is 2.47. The van der Waals surface area contributed by atoms with Crippen molar-refractivity contribution in [3.8, 4) is 0 Å². The molecule has 1 aromatic carbocycles. The van der Waals surface area contributed by atoms with E-state index in [-0.39, 0.29) is 0 Å². The summed E-state index contributed by atoms with van der Waals surface area (Å²) in [6.07, 6.45) is -2.09. The average molecular weight is 385 g/mol. The first-order valence-corrected chi connectivity index (χ1v) is 9.47. The van der Waals surface area contributed by atoms with Gasteiger partial charge in [0.1, 0.15) is 0 Å². The van der Waals surface area contributed by atoms with E-state index in [0.29, 0.717) is 5.69 Å². The van der Waals surface area contributed by atoms with Crippen LogP contribution in [-0.4, -0.2) is 29.7 Å². The summed E-state index contributed by atoms with van der Waals surface area (Å²) >= 11 is 0. The quantitative estimate of drug-likeness (QED) is 0.305. The number of hydrogen-bond acceptors (Lipinski definition) is 7. The highest BCUT2D eigenvalue weighted by atomic mass is 31.2. The maximum atomic E-state index is 12.9. The van der Waals surface area contributed by atoms with Crippen LogP contribution in [0.4, 0.5) is 10.5 Å². The molecule has 0 saturated heterocycles. The second-order valence-electron chi connectivity index (χ2n) is 5.95. The number of nitrogens with one attached hydrogen (secondary N) is 1. The van der Waals surface area contributed by atoms with Crippen molar-refractivity contribution in [2.24, 2.45) is 10.9 Å². The number of primary amides is 1. The van der Waals surface area contributed by atoms with Gasteiger partial charge in [-0.3, -0.25) is 19.5 Å². The van der Waals surface area contributed by atoms with Gasteiger partial charge in [-0.25, -0.2) is 4.79 Å². The number of oxime groups is 1. The topological polar surface area (TPSA) is 129 Å². The number of anilines is 1. The van der Waals surface area contributed by atoms with Crippen LogP contribution in [0.15, 0.2) is 29.4 Å². The van der Waals surface area contributed by atoms with E-state index in [2.05, 4.69) is 15.3 Å². The van der Waals surface area contributed by atoms with Gasteiger partial charge in [0.25, 0.3) is 11.4 Å². The van der Waals surface area contributed by atoms with E-state index < -0.39 is 37.3 Å². The van der Waals surface area contributed by atoms with E-state index in [1.165, 1.54) is 0 Å². The van der Waals surface area contributed by atoms with Crippen LogP contribution >= 0.6 is 7.60 Å². The first kappa shape index (κ1) is 21.8. The van der Waals surface area contributed by atoms with E-state index in [4.69, 9.17) is 14.8 Å². The van der Waals surface area contributed by atoms with Gasteiger partial charge in [0, 0.05) is 5.69 Å². The highest BCUT2D eigenvalue weighted by Crippen LogP contribution is 2.52. The standard InChI is InChI=1S/C16H24N3O6P/c1-10(2)24-26(22,25-11(3)4)15(14(17)20)19-23-16(21)18-13-8-6-12(5)7-9-13/h6-11H,1-5H3,(H2,17,20)(H,18,21)/b19-15+. The Balaban J connectivity index is 2.98. The minimum Gasteiger partial charge on any atom is -0.364 e. The van der Waals surface area contributed by atoms with Gasteiger partial charge in [0.15, 0.2) is 0 Å². The lowest BCUT2D eigenvalue weighted by Gasteiger charge is -2.21. The highest BCUT2D eigenvalue weighted by Gasteiger charge is 2.39. The molecule has 0 aliphatic heterocycles. The van der Waals surface area contributed by atoms with Crippen molar-refractivity contribution in [3.63, 3.8) is 0 Å². The first-order valence-electron chi connectivity index (χ1n) is 7.93. The molecule has 0 aromatic heterocycles. The van der Waals surface area contributed by atoms with Crippen LogP contribution in [0.5, 0.6) is 0 Å². The maximum Gasteiger partial charge on any atom is 0.437 e. The zero-order chi connectivity index (χ0) is 19.9. The van der Waals surface area contributed by atoms with Crippen molar-refractivity contribution in [1.29, 1.82) is 0 Å². The van der Waals surface area contributed by atoms with Crippen molar-refractivity contribution in [2.75, 3.05) is 5.32 Å². The number of hydrogen-bond donors (Lipinski definition) is 2. The molecule has 2 amide bonds. The lowest BCUT2D eigenvalue weighted by atomic mass is 10.2. The summed E-state index contributed by atoms with van der Waals surface area (Å²) in [6.45, 7) is 8.28. The number of aryl methyl sites for hydroxylation is 1. The molecule has 10 heteroatoms. The summed E-state index contributed by atoms with van der Waals surface area (Å²) in [5, 5.41) is 5.74. The number of benzene rings is 1. The second-order valence-corrected chi connectivity index (χ2v) is 7.79. The van der Waals surface area contributed by atoms with Crippen LogP contribution in [0.3, 0.4) is 0 Å². The minimum atomic E-state index is -4.17. The Hall–Kier alpha value is -2.22. The fraction of sp³-hybridized carbons (Fsp3) is 0.438. The van der Waals surface area contributed by atoms with E-state index in [0.717, 1.165) is 5.56 Å². The van der Waals surface area contributed by atoms with Crippen LogP contribution in [0.2, 0.25) is 0 Å². The molecule has 1 rings (SSSR count). The van der Waals surface area contributed by atoms with Gasteiger partial charge in [-0.2, -0.15) is 0 Å². The van der Waals surface area contributed by atoms with E-state index in [1.807, 2.05) is 6.92 Å². The largest absolute Gasteiger partial charge is 0.437 e. The molecular formula is C16H24N3O6P. The van der Waals surface area contributed by atoms with Crippen LogP contribution in [0.1, 0.15) is 33.3 Å². The molecule has 0 heterocycles. The van der Waals surface area contributed by atoms with Crippen LogP contribution in [0.25, 0.3) is 0 Å². The van der Waals surface area contributed by atoms with Gasteiger partial charge in [0.05, 0.1) is 12.2 Å². The van der Waals surface area contributed by atoms with Gasteiger partial charge < -0.3 is 14.8 Å². The molecule has 0 radical (unpaired) electrons. The van der Waals surface area contributed by atoms with Gasteiger partial charge in [-0.15, -0.1) is 0 Å². The molecule has 0 bridgehead atoms. The number of amides is 2. The minimum absolute atomic E-state index is 0.455. The Labute approximate surface area is 152 Å². The molecule has 0 aliphatic carbocycles. The number of rotatable bonds is 8. The second kappa shape index (κ2) is 9.47. The van der Waals surface area contributed by atoms with Crippen molar-refractivity contribution < 1.29 is 28.0 Å². The van der Waals surface area contributed by atoms with Gasteiger partial charge in [-0.05, 0) is 46.8 Å². The predicted molar refractivity (Wildman–Crippen MR) is 98.0 cm³/mol. The van der Waals surface area contributed by atoms with Gasteiger partial charge >= 0.3 is 13.7 Å². The van der Waals surface area contributed by atoms with Crippen molar-refractivity contribution >= 4 is 30.7 Å². The van der Waals surface area contributed by atoms with Crippen molar-refractivity contribution in [2.45, 2.75) is 46.8 Å². The van der Waals surface area contributed by atoms with E-state index >= 15 is 0 Å². The molecule has 0 spiro atoms. The monoisotopic (exact) mass is 385 g/mol. The highest BCUT2D eigenvalue weighted by molar-refractivity contribution is 7.75. The Morgan fingerprint density at radius 1 is 1.08 bits per heavy atom. The Kier molecular flexibility index (Phi) is 7.95. The Morgan fingerprint density at radius 2 is 1.58 bits per heavy atom. The van der Waals surface area contributed by atoms with Gasteiger partial charge in [0.2, 0.25) is 0 Å². The van der Waals surface area contributed by atoms with Crippen LogP contribution < -0.4 is 11.1 Å². The third-order valence-corrected chi connectivity index (χ3v) is 4.91. The summed E-state index contributed by atoms with van der Waals surface area (Å²) in [4.78, 5) is 28.1. The Morgan fingerprint density at radius 3 is 2.00 bits per heavy atom. The summed E-state index contributed by atoms with van der Waals surface area (Å²) in [6, 6.07) is 6.89. The number of nitrogens with two attached hydrogens (primary N) is 1. The van der Waals surface area contributed by atoms with E-state index in [9.17, 15) is 14.2 Å². The lowest BCUT2D eigenvalue weighted by Crippen LogP contribution is -2.28. The number of carbonyl (C=O) groups is 2. The smallest absolute Gasteiger partial charge is 0.364 e. The molecule has 26 heavy (non-hydrogen) atoms. The molecule has 144 valence electrons. The third-order valence-electron chi connectivity index (χ3n) is 2.69. The zero-order valence-corrected chi connectivity index (χ0v) is 16.3. The fourth-order valence-corrected chi connectivity index (χ4v) is 3.54. The maximum absolute atomic E-state index is 12.9. The lowest BCUT2D eigenvalue weighted by molar-refractivity contribution is -0.111. The molecule has 0 fully saturated rings. The summed E-state index contributed by atoms with van der Waals surface area (Å²) in [5.74, 6) is -1.18. The fourth-order valence-electron chi connectivity index (χ4n) is 1.77. The molecule has 9 nitrogen and oxygen atoms in total. The van der Waals surface area contributed by atoms with Crippen LogP contribution in [0, 0.1) is 6.92 Å². The zero-order valence-electron chi connectivity index (χ0n) is 15.4. The number of nitrogens with zero attached hydrogens (tertiary/aromatic N) is 1. The summed E-state index contributed by atoms with van der Waals surface area (Å²) in [7, 11) is -4.17. The molecule has 0 unspecified atom stereocenters. The summed E-state index contributed by atoms with van der Waals surface area (Å²) in [5.41, 5.74) is 5.89. The molecule has 0 saturated carbocycles. The first-order chi connectivity index (χ1) is 12.0. The predicted octanol–water partition coefficient (Wildman–Crippen LogP) is 3.39. The molecule has 3 N–H and O–H groups in total.